The maximum Gasteiger partial charge on any atom is 0.409 e. The van der Waals surface area contributed by atoms with Crippen LogP contribution in [0.25, 0.3) is 0 Å². The lowest BCUT2D eigenvalue weighted by Crippen LogP contribution is -2.49. The van der Waals surface area contributed by atoms with Gasteiger partial charge in [-0.1, -0.05) is 78.9 Å². The first-order valence-corrected chi connectivity index (χ1v) is 16.5. The Hall–Kier alpha value is -3.10. The average Bonchev–Trinajstić information content (AvgIpc) is 3.32. The second-order valence-corrected chi connectivity index (χ2v) is 12.4. The highest BCUT2D eigenvalue weighted by atomic mass is 35.5. The second-order valence-electron chi connectivity index (χ2n) is 12.4. The Labute approximate surface area is 286 Å². The number of benzene rings is 3. The number of piperazine rings is 1. The van der Waals surface area contributed by atoms with E-state index in [4.69, 9.17) is 4.74 Å². The van der Waals surface area contributed by atoms with Crippen molar-refractivity contribution in [3.8, 4) is 0 Å². The third-order valence-electron chi connectivity index (χ3n) is 9.95. The first-order valence-electron chi connectivity index (χ1n) is 16.5. The van der Waals surface area contributed by atoms with Gasteiger partial charge in [0, 0.05) is 38.4 Å². The first kappa shape index (κ1) is 35.7. The molecule has 3 heterocycles. The maximum atomic E-state index is 14.7. The van der Waals surface area contributed by atoms with Crippen LogP contribution in [0.15, 0.2) is 84.9 Å². The molecule has 2 fully saturated rings. The summed E-state index contributed by atoms with van der Waals surface area (Å²) in [6.07, 6.45) is 3.76. The third-order valence-corrected chi connectivity index (χ3v) is 9.95. The summed E-state index contributed by atoms with van der Waals surface area (Å²) in [5.41, 5.74) is 4.05. The number of nitrogens with zero attached hydrogens (tertiary/aromatic N) is 4. The topological polar surface area (TPSA) is 56.3 Å². The molecular formula is C37H48Cl2N4O3. The van der Waals surface area contributed by atoms with E-state index in [1.54, 1.807) is 4.90 Å². The molecule has 3 aliphatic heterocycles. The van der Waals surface area contributed by atoms with Crippen LogP contribution in [0.5, 0.6) is 0 Å². The molecule has 1 atom stereocenters. The van der Waals surface area contributed by atoms with Crippen LogP contribution < -0.4 is 4.90 Å². The average molecular weight is 668 g/mol. The molecule has 46 heavy (non-hydrogen) atoms. The zero-order valence-corrected chi connectivity index (χ0v) is 28.5. The van der Waals surface area contributed by atoms with Crippen LogP contribution in [0.1, 0.15) is 55.2 Å². The van der Waals surface area contributed by atoms with E-state index in [0.29, 0.717) is 32.2 Å². The Morgan fingerprint density at radius 2 is 1.37 bits per heavy atom. The van der Waals surface area contributed by atoms with E-state index in [1.165, 1.54) is 5.56 Å². The molecule has 2 amide bonds. The number of carbonyl (C=O) groups is 2. The minimum atomic E-state index is -0.681. The predicted octanol–water partition coefficient (Wildman–Crippen LogP) is 6.60. The molecule has 7 nitrogen and oxygen atoms in total. The molecule has 0 spiro atoms. The first-order chi connectivity index (χ1) is 21.6. The molecule has 0 radical (unpaired) electrons. The molecule has 3 aliphatic rings. The van der Waals surface area contributed by atoms with Crippen molar-refractivity contribution in [1.82, 2.24) is 14.7 Å². The van der Waals surface area contributed by atoms with Gasteiger partial charge in [-0.05, 0) is 87.5 Å². The summed E-state index contributed by atoms with van der Waals surface area (Å²) in [5, 5.41) is 0. The number of para-hydroxylation sites is 1. The number of carbonyl (C=O) groups excluding carboxylic acids is 2. The van der Waals surface area contributed by atoms with Crippen molar-refractivity contribution in [2.75, 3.05) is 70.4 Å². The van der Waals surface area contributed by atoms with Crippen LogP contribution in [0, 0.1) is 0 Å². The molecule has 1 unspecified atom stereocenters. The SMILES string of the molecule is CCOC(=O)N1CCN(CCCN2C(=O)C(CCN3CCC(c4ccccc4)CC3)(c3ccccc3)c3ccccc32)CC1.Cl.Cl. The van der Waals surface area contributed by atoms with Crippen LogP contribution in [0.4, 0.5) is 10.5 Å². The summed E-state index contributed by atoms with van der Waals surface area (Å²) in [6.45, 7) is 9.89. The fraction of sp³-hybridized carbons (Fsp3) is 0.459. The van der Waals surface area contributed by atoms with Gasteiger partial charge >= 0.3 is 6.09 Å². The molecular weight excluding hydrogens is 619 g/mol. The van der Waals surface area contributed by atoms with Gasteiger partial charge < -0.3 is 19.4 Å². The van der Waals surface area contributed by atoms with Gasteiger partial charge in [0.05, 0.1) is 6.61 Å². The monoisotopic (exact) mass is 666 g/mol. The molecule has 3 aromatic carbocycles. The van der Waals surface area contributed by atoms with Crippen LogP contribution in [0.2, 0.25) is 0 Å². The summed E-state index contributed by atoms with van der Waals surface area (Å²) in [5.74, 6) is 0.823. The fourth-order valence-corrected chi connectivity index (χ4v) is 7.50. The van der Waals surface area contributed by atoms with E-state index in [1.807, 2.05) is 13.0 Å². The van der Waals surface area contributed by atoms with Crippen molar-refractivity contribution in [2.24, 2.45) is 0 Å². The highest BCUT2D eigenvalue weighted by molar-refractivity contribution is 6.10. The van der Waals surface area contributed by atoms with Crippen molar-refractivity contribution in [2.45, 2.75) is 43.9 Å². The van der Waals surface area contributed by atoms with E-state index in [2.05, 4.69) is 93.6 Å². The van der Waals surface area contributed by atoms with E-state index >= 15 is 0 Å². The molecule has 0 bridgehead atoms. The number of hydrogen-bond acceptors (Lipinski definition) is 5. The number of hydrogen-bond donors (Lipinski definition) is 0. The second kappa shape index (κ2) is 16.6. The zero-order chi connectivity index (χ0) is 30.4. The van der Waals surface area contributed by atoms with Gasteiger partial charge in [0.25, 0.3) is 0 Å². The lowest BCUT2D eigenvalue weighted by atomic mass is 9.72. The molecule has 0 aliphatic carbocycles. The predicted molar refractivity (Wildman–Crippen MR) is 190 cm³/mol. The van der Waals surface area contributed by atoms with Crippen LogP contribution in [-0.2, 0) is 14.9 Å². The largest absolute Gasteiger partial charge is 0.450 e. The number of ether oxygens (including phenoxy) is 1. The fourth-order valence-electron chi connectivity index (χ4n) is 7.50. The smallest absolute Gasteiger partial charge is 0.409 e. The Kier molecular flexibility index (Phi) is 12.9. The number of amides is 2. The van der Waals surface area contributed by atoms with Gasteiger partial charge in [0.15, 0.2) is 0 Å². The molecule has 9 heteroatoms. The molecule has 248 valence electrons. The molecule has 0 aromatic heterocycles. The molecule has 0 N–H and O–H groups in total. The standard InChI is InChI=1S/C37H46N4O3.2ClH/c1-2-44-36(43)40-28-26-38(27-29-40)21-11-22-41-34-17-10-9-16-33(34)37(35(41)42,32-14-7-4-8-15-32)20-25-39-23-18-31(19-24-39)30-12-5-3-6-13-30;;/h3-10,12-17,31H,2,11,18-29H2,1H3;2*1H. The van der Waals surface area contributed by atoms with Crippen LogP contribution >= 0.6 is 24.8 Å². The molecule has 6 rings (SSSR count). The summed E-state index contributed by atoms with van der Waals surface area (Å²) < 4.78 is 5.17. The third kappa shape index (κ3) is 7.54. The Balaban J connectivity index is 0.00000240. The van der Waals surface area contributed by atoms with Crippen molar-refractivity contribution in [3.05, 3.63) is 102 Å². The minimum absolute atomic E-state index is 0. The number of halogens is 2. The number of fused-ring (bicyclic) bond motifs is 1. The van der Waals surface area contributed by atoms with Crippen molar-refractivity contribution in [3.63, 3.8) is 0 Å². The van der Waals surface area contributed by atoms with Crippen LogP contribution in [0.3, 0.4) is 0 Å². The lowest BCUT2D eigenvalue weighted by molar-refractivity contribution is -0.122. The van der Waals surface area contributed by atoms with Gasteiger partial charge in [0.2, 0.25) is 5.91 Å². The van der Waals surface area contributed by atoms with Gasteiger partial charge in [-0.25, -0.2) is 4.79 Å². The Morgan fingerprint density at radius 1 is 0.761 bits per heavy atom. The van der Waals surface area contributed by atoms with Gasteiger partial charge in [-0.2, -0.15) is 0 Å². The van der Waals surface area contributed by atoms with Gasteiger partial charge in [0.1, 0.15) is 5.41 Å². The Morgan fingerprint density at radius 3 is 2.04 bits per heavy atom. The van der Waals surface area contributed by atoms with Crippen molar-refractivity contribution < 1.29 is 14.3 Å². The van der Waals surface area contributed by atoms with E-state index in [0.717, 1.165) is 81.8 Å². The number of anilines is 1. The summed E-state index contributed by atoms with van der Waals surface area (Å²) in [6, 6.07) is 29.8. The Bertz CT molecular complexity index is 1400. The molecule has 2 saturated heterocycles. The quantitative estimate of drug-likeness (QED) is 0.244. The highest BCUT2D eigenvalue weighted by Crippen LogP contribution is 2.48. The zero-order valence-electron chi connectivity index (χ0n) is 26.9. The van der Waals surface area contributed by atoms with Gasteiger partial charge in [-0.15, -0.1) is 24.8 Å². The molecule has 3 aromatic rings. The summed E-state index contributed by atoms with van der Waals surface area (Å²) in [7, 11) is 0. The maximum absolute atomic E-state index is 14.7. The number of piperidine rings is 1. The van der Waals surface area contributed by atoms with E-state index in [-0.39, 0.29) is 36.8 Å². The van der Waals surface area contributed by atoms with Crippen LogP contribution in [-0.4, -0.2) is 92.2 Å². The number of likely N-dealkylation sites (tertiary alicyclic amines) is 1. The lowest BCUT2D eigenvalue weighted by Gasteiger charge is -2.36. The van der Waals surface area contributed by atoms with Crippen molar-refractivity contribution in [1.29, 1.82) is 0 Å². The van der Waals surface area contributed by atoms with E-state index in [9.17, 15) is 9.59 Å². The molecule has 0 saturated carbocycles. The number of rotatable bonds is 10. The van der Waals surface area contributed by atoms with E-state index < -0.39 is 5.41 Å². The minimum Gasteiger partial charge on any atom is -0.450 e. The summed E-state index contributed by atoms with van der Waals surface area (Å²) in [4.78, 5) is 35.6. The highest BCUT2D eigenvalue weighted by Gasteiger charge is 2.51. The normalized spacial score (nSPS) is 20.5. The van der Waals surface area contributed by atoms with Crippen molar-refractivity contribution >= 4 is 42.5 Å². The van der Waals surface area contributed by atoms with Gasteiger partial charge in [-0.3, -0.25) is 9.69 Å². The summed E-state index contributed by atoms with van der Waals surface area (Å²) >= 11 is 0.